The molecule has 6 nitrogen and oxygen atoms in total. The Balaban J connectivity index is 1.78. The van der Waals surface area contributed by atoms with E-state index in [9.17, 15) is 13.6 Å². The number of rotatable bonds is 6. The Kier molecular flexibility index (Phi) is 4.87. The lowest BCUT2D eigenvalue weighted by Crippen LogP contribution is -2.54. The molecular weight excluding hydrogens is 332 g/mol. The third kappa shape index (κ3) is 3.42. The first-order chi connectivity index (χ1) is 12.0. The number of aromatic nitrogens is 1. The minimum atomic E-state index is -2.54. The van der Waals surface area contributed by atoms with Gasteiger partial charge in [-0.15, -0.1) is 0 Å². The molecule has 0 saturated carbocycles. The van der Waals surface area contributed by atoms with E-state index in [0.717, 1.165) is 16.6 Å². The van der Waals surface area contributed by atoms with Crippen molar-refractivity contribution in [1.82, 2.24) is 10.3 Å². The summed E-state index contributed by atoms with van der Waals surface area (Å²) < 4.78 is 35.0. The van der Waals surface area contributed by atoms with E-state index in [1.54, 1.807) is 26.5 Å². The Labute approximate surface area is 143 Å². The normalized spacial score (nSPS) is 14.5. The van der Waals surface area contributed by atoms with Gasteiger partial charge in [-0.3, -0.25) is 9.78 Å². The predicted molar refractivity (Wildman–Crippen MR) is 89.6 cm³/mol. The molecule has 0 aliphatic carbocycles. The van der Waals surface area contributed by atoms with Crippen molar-refractivity contribution < 1.29 is 23.0 Å². The zero-order valence-corrected chi connectivity index (χ0v) is 14.0. The van der Waals surface area contributed by atoms with Gasteiger partial charge >= 0.3 is 0 Å². The second kappa shape index (κ2) is 7.08. The predicted octanol–water partition coefficient (Wildman–Crippen LogP) is 2.07. The van der Waals surface area contributed by atoms with E-state index >= 15 is 0 Å². The Morgan fingerprint density at radius 1 is 1.32 bits per heavy atom. The Morgan fingerprint density at radius 2 is 2.00 bits per heavy atom. The van der Waals surface area contributed by atoms with Crippen molar-refractivity contribution in [3.05, 3.63) is 24.4 Å². The summed E-state index contributed by atoms with van der Waals surface area (Å²) in [6, 6.07) is 5.51. The number of anilines is 1. The zero-order valence-electron chi connectivity index (χ0n) is 14.0. The highest BCUT2D eigenvalue weighted by molar-refractivity contribution is 5.95. The molecule has 8 heteroatoms. The number of pyridine rings is 1. The van der Waals surface area contributed by atoms with Crippen molar-refractivity contribution in [2.45, 2.75) is 6.43 Å². The molecule has 1 fully saturated rings. The Bertz CT molecular complexity index is 779. The fraction of sp³-hybridized carbons (Fsp3) is 0.412. The highest BCUT2D eigenvalue weighted by atomic mass is 19.3. The monoisotopic (exact) mass is 351 g/mol. The molecule has 0 bridgehead atoms. The van der Waals surface area contributed by atoms with Crippen molar-refractivity contribution in [1.29, 1.82) is 0 Å². The number of benzene rings is 1. The fourth-order valence-electron chi connectivity index (χ4n) is 2.90. The van der Waals surface area contributed by atoms with Crippen molar-refractivity contribution in [3.8, 4) is 11.5 Å². The first kappa shape index (κ1) is 17.2. The lowest BCUT2D eigenvalue weighted by atomic mass is 9.97. The molecule has 0 spiro atoms. The van der Waals surface area contributed by atoms with Gasteiger partial charge in [0.25, 0.3) is 6.43 Å². The largest absolute Gasteiger partial charge is 0.493 e. The van der Waals surface area contributed by atoms with Crippen LogP contribution < -0.4 is 19.7 Å². The molecule has 0 radical (unpaired) electrons. The van der Waals surface area contributed by atoms with Crippen molar-refractivity contribution in [2.75, 3.05) is 38.8 Å². The molecule has 3 rings (SSSR count). The number of nitrogens with one attached hydrogen (secondary N) is 1. The van der Waals surface area contributed by atoms with Crippen LogP contribution in [0.1, 0.15) is 0 Å². The first-order valence-corrected chi connectivity index (χ1v) is 7.85. The summed E-state index contributed by atoms with van der Waals surface area (Å²) in [6.45, 7) is 0.343. The lowest BCUT2D eigenvalue weighted by Gasteiger charge is -2.40. The molecule has 2 aromatic rings. The Morgan fingerprint density at radius 3 is 2.64 bits per heavy atom. The molecule has 134 valence electrons. The van der Waals surface area contributed by atoms with Crippen LogP contribution in [-0.4, -0.2) is 51.2 Å². The maximum atomic E-state index is 12.2. The average molecular weight is 351 g/mol. The minimum absolute atomic E-state index is 0.290. The number of alkyl halides is 2. The smallest absolute Gasteiger partial charge is 0.255 e. The summed E-state index contributed by atoms with van der Waals surface area (Å²) in [5.41, 5.74) is 1.67. The standard InChI is InChI=1S/C17H19F2N3O3/c1-24-14-5-11-12(6-15(14)25-2)20-4-3-13(11)22-8-10(9-22)17(23)21-7-16(18)19/h3-6,10,16H,7-9H2,1-2H3,(H,21,23). The van der Waals surface area contributed by atoms with Crippen molar-refractivity contribution in [2.24, 2.45) is 5.92 Å². The number of nitrogens with zero attached hydrogens (tertiary/aromatic N) is 2. The van der Waals surface area contributed by atoms with E-state index in [1.165, 1.54) is 0 Å². The number of carbonyl (C=O) groups is 1. The number of methoxy groups -OCH3 is 2. The fourth-order valence-corrected chi connectivity index (χ4v) is 2.90. The molecule has 1 aromatic carbocycles. The van der Waals surface area contributed by atoms with Gasteiger partial charge in [0, 0.05) is 36.4 Å². The summed E-state index contributed by atoms with van der Waals surface area (Å²) in [4.78, 5) is 18.2. The van der Waals surface area contributed by atoms with E-state index in [-0.39, 0.29) is 11.8 Å². The summed E-state index contributed by atoms with van der Waals surface area (Å²) >= 11 is 0. The quantitative estimate of drug-likeness (QED) is 0.863. The van der Waals surface area contributed by atoms with Crippen LogP contribution in [0.5, 0.6) is 11.5 Å². The van der Waals surface area contributed by atoms with Gasteiger partial charge in [-0.25, -0.2) is 8.78 Å². The minimum Gasteiger partial charge on any atom is -0.493 e. The molecule has 1 aliphatic heterocycles. The van der Waals surface area contributed by atoms with Gasteiger partial charge in [-0.05, 0) is 12.1 Å². The zero-order chi connectivity index (χ0) is 18.0. The third-order valence-electron chi connectivity index (χ3n) is 4.25. The summed E-state index contributed by atoms with van der Waals surface area (Å²) in [6.07, 6.45) is -0.847. The number of hydrogen-bond acceptors (Lipinski definition) is 5. The number of halogens is 2. The maximum absolute atomic E-state index is 12.2. The van der Waals surface area contributed by atoms with E-state index < -0.39 is 13.0 Å². The number of fused-ring (bicyclic) bond motifs is 1. The molecule has 1 aromatic heterocycles. The molecule has 0 atom stereocenters. The van der Waals surface area contributed by atoms with Crippen LogP contribution in [0.3, 0.4) is 0 Å². The van der Waals surface area contributed by atoms with E-state index in [2.05, 4.69) is 10.3 Å². The lowest BCUT2D eigenvalue weighted by molar-refractivity contribution is -0.126. The highest BCUT2D eigenvalue weighted by Crippen LogP contribution is 2.37. The van der Waals surface area contributed by atoms with Crippen molar-refractivity contribution >= 4 is 22.5 Å². The van der Waals surface area contributed by atoms with Gasteiger partial charge in [0.2, 0.25) is 5.91 Å². The summed E-state index contributed by atoms with van der Waals surface area (Å²) in [5, 5.41) is 3.14. The van der Waals surface area contributed by atoms with Gasteiger partial charge in [0.15, 0.2) is 11.5 Å². The topological polar surface area (TPSA) is 63.7 Å². The van der Waals surface area contributed by atoms with E-state index in [1.807, 2.05) is 17.0 Å². The Hall–Kier alpha value is -2.64. The van der Waals surface area contributed by atoms with Crippen LogP contribution in [0, 0.1) is 5.92 Å². The highest BCUT2D eigenvalue weighted by Gasteiger charge is 2.33. The van der Waals surface area contributed by atoms with Crippen LogP contribution in [0.15, 0.2) is 24.4 Å². The summed E-state index contributed by atoms with van der Waals surface area (Å²) in [5.74, 6) is 0.555. The number of hydrogen-bond donors (Lipinski definition) is 1. The van der Waals surface area contributed by atoms with E-state index in [0.29, 0.717) is 24.6 Å². The second-order valence-corrected chi connectivity index (χ2v) is 5.79. The van der Waals surface area contributed by atoms with Crippen LogP contribution in [-0.2, 0) is 4.79 Å². The molecular formula is C17H19F2N3O3. The molecule has 0 unspecified atom stereocenters. The van der Waals surface area contributed by atoms with Gasteiger partial charge < -0.3 is 19.7 Å². The first-order valence-electron chi connectivity index (χ1n) is 7.85. The van der Waals surface area contributed by atoms with Crippen LogP contribution >= 0.6 is 0 Å². The number of amides is 1. The second-order valence-electron chi connectivity index (χ2n) is 5.79. The van der Waals surface area contributed by atoms with Gasteiger partial charge in [0.1, 0.15) is 0 Å². The van der Waals surface area contributed by atoms with Gasteiger partial charge in [-0.2, -0.15) is 0 Å². The average Bonchev–Trinajstić information content (AvgIpc) is 2.57. The van der Waals surface area contributed by atoms with Crippen LogP contribution in [0.2, 0.25) is 0 Å². The molecule has 1 amide bonds. The van der Waals surface area contributed by atoms with Crippen LogP contribution in [0.25, 0.3) is 10.9 Å². The van der Waals surface area contributed by atoms with Gasteiger partial charge in [0.05, 0.1) is 32.2 Å². The molecule has 2 heterocycles. The third-order valence-corrected chi connectivity index (χ3v) is 4.25. The van der Waals surface area contributed by atoms with E-state index in [4.69, 9.17) is 9.47 Å². The molecule has 1 N–H and O–H groups in total. The van der Waals surface area contributed by atoms with Crippen LogP contribution in [0.4, 0.5) is 14.5 Å². The maximum Gasteiger partial charge on any atom is 0.255 e. The SMILES string of the molecule is COc1cc2nccc(N3CC(C(=O)NCC(F)F)C3)c2cc1OC. The molecule has 1 aliphatic rings. The molecule has 1 saturated heterocycles. The summed E-state index contributed by atoms with van der Waals surface area (Å²) in [7, 11) is 3.12. The number of ether oxygens (including phenoxy) is 2. The van der Waals surface area contributed by atoms with Crippen molar-refractivity contribution in [3.63, 3.8) is 0 Å². The number of carbonyl (C=O) groups excluding carboxylic acids is 1. The molecule has 25 heavy (non-hydrogen) atoms. The van der Waals surface area contributed by atoms with Gasteiger partial charge in [-0.1, -0.05) is 0 Å².